The lowest BCUT2D eigenvalue weighted by molar-refractivity contribution is -0.121. The fourth-order valence-corrected chi connectivity index (χ4v) is 2.73. The highest BCUT2D eigenvalue weighted by molar-refractivity contribution is 5.97. The Balaban J connectivity index is 1.93. The molecule has 0 aliphatic heterocycles. The predicted molar refractivity (Wildman–Crippen MR) is 105 cm³/mol. The van der Waals surface area contributed by atoms with Crippen LogP contribution in [0.2, 0.25) is 0 Å². The maximum absolute atomic E-state index is 12.2. The summed E-state index contributed by atoms with van der Waals surface area (Å²) in [4.78, 5) is 24.3. The normalized spacial score (nSPS) is 11.5. The largest absolute Gasteiger partial charge is 0.490 e. The molecule has 2 aromatic carbocycles. The number of nitrogens with one attached hydrogen (secondary N) is 1. The number of rotatable bonds is 10. The Kier molecular flexibility index (Phi) is 7.86. The molecule has 0 saturated carbocycles. The molecule has 0 spiro atoms. The number of ether oxygens (including phenoxy) is 2. The van der Waals surface area contributed by atoms with Gasteiger partial charge in [-0.1, -0.05) is 36.4 Å². The van der Waals surface area contributed by atoms with Crippen molar-refractivity contribution in [3.63, 3.8) is 0 Å². The molecule has 5 heteroatoms. The summed E-state index contributed by atoms with van der Waals surface area (Å²) in [5.74, 6) is 1.17. The summed E-state index contributed by atoms with van der Waals surface area (Å²) in [5, 5.41) is 2.94. The van der Waals surface area contributed by atoms with E-state index in [1.54, 1.807) is 12.1 Å². The number of Topliss-reactive ketones (excluding diaryl/α,β-unsaturated/α-hetero) is 1. The molecule has 144 valence electrons. The van der Waals surface area contributed by atoms with Crippen LogP contribution in [0.1, 0.15) is 55.6 Å². The molecule has 0 unspecified atom stereocenters. The molecule has 0 radical (unpaired) electrons. The van der Waals surface area contributed by atoms with Crippen molar-refractivity contribution in [1.82, 2.24) is 5.32 Å². The molecule has 0 aliphatic carbocycles. The molecule has 0 aliphatic rings. The molecule has 0 aromatic heterocycles. The summed E-state index contributed by atoms with van der Waals surface area (Å²) in [6.07, 6.45) is 0.351. The van der Waals surface area contributed by atoms with E-state index in [1.807, 2.05) is 57.2 Å². The minimum Gasteiger partial charge on any atom is -0.490 e. The van der Waals surface area contributed by atoms with Crippen molar-refractivity contribution in [1.29, 1.82) is 0 Å². The minimum atomic E-state index is -0.195. The SMILES string of the molecule is CCOc1ccc([C@@H](C)NC(=O)CCC(=O)c2ccccc2)cc1OCC. The van der Waals surface area contributed by atoms with Crippen molar-refractivity contribution in [3.8, 4) is 11.5 Å². The Morgan fingerprint density at radius 2 is 1.59 bits per heavy atom. The van der Waals surface area contributed by atoms with Gasteiger partial charge in [-0.2, -0.15) is 0 Å². The van der Waals surface area contributed by atoms with Gasteiger partial charge in [-0.05, 0) is 38.5 Å². The van der Waals surface area contributed by atoms with Gasteiger partial charge in [0.2, 0.25) is 5.91 Å². The second-order valence-electron chi connectivity index (χ2n) is 6.15. The summed E-state index contributed by atoms with van der Waals surface area (Å²) in [7, 11) is 0. The van der Waals surface area contributed by atoms with E-state index in [9.17, 15) is 9.59 Å². The molecule has 0 heterocycles. The van der Waals surface area contributed by atoms with Crippen LogP contribution in [0.5, 0.6) is 11.5 Å². The first kappa shape index (κ1) is 20.5. The Labute approximate surface area is 160 Å². The highest BCUT2D eigenvalue weighted by atomic mass is 16.5. The van der Waals surface area contributed by atoms with Crippen molar-refractivity contribution in [2.24, 2.45) is 0 Å². The van der Waals surface area contributed by atoms with Crippen LogP contribution in [-0.2, 0) is 4.79 Å². The third kappa shape index (κ3) is 6.13. The molecular formula is C22H27NO4. The predicted octanol–water partition coefficient (Wildman–Crippen LogP) is 4.32. The first-order valence-electron chi connectivity index (χ1n) is 9.32. The average molecular weight is 369 g/mol. The Bertz CT molecular complexity index is 758. The number of hydrogen-bond acceptors (Lipinski definition) is 4. The first-order chi connectivity index (χ1) is 13.0. The van der Waals surface area contributed by atoms with E-state index in [-0.39, 0.29) is 30.6 Å². The number of hydrogen-bond donors (Lipinski definition) is 1. The van der Waals surface area contributed by atoms with Crippen molar-refractivity contribution >= 4 is 11.7 Å². The fourth-order valence-electron chi connectivity index (χ4n) is 2.73. The van der Waals surface area contributed by atoms with Crippen LogP contribution < -0.4 is 14.8 Å². The summed E-state index contributed by atoms with van der Waals surface area (Å²) in [5.41, 5.74) is 1.55. The average Bonchev–Trinajstić information content (AvgIpc) is 2.68. The van der Waals surface area contributed by atoms with Crippen molar-refractivity contribution < 1.29 is 19.1 Å². The van der Waals surface area contributed by atoms with Gasteiger partial charge in [-0.25, -0.2) is 0 Å². The monoisotopic (exact) mass is 369 g/mol. The number of amides is 1. The van der Waals surface area contributed by atoms with Crippen molar-refractivity contribution in [2.75, 3.05) is 13.2 Å². The van der Waals surface area contributed by atoms with Crippen molar-refractivity contribution in [2.45, 2.75) is 39.7 Å². The highest BCUT2D eigenvalue weighted by Crippen LogP contribution is 2.30. The van der Waals surface area contributed by atoms with Gasteiger partial charge in [-0.3, -0.25) is 9.59 Å². The smallest absolute Gasteiger partial charge is 0.220 e. The van der Waals surface area contributed by atoms with E-state index in [2.05, 4.69) is 5.32 Å². The summed E-state index contributed by atoms with van der Waals surface area (Å²) >= 11 is 0. The zero-order chi connectivity index (χ0) is 19.6. The Morgan fingerprint density at radius 1 is 0.926 bits per heavy atom. The van der Waals surface area contributed by atoms with Gasteiger partial charge in [0.1, 0.15) is 0 Å². The Hall–Kier alpha value is -2.82. The summed E-state index contributed by atoms with van der Waals surface area (Å²) in [6.45, 7) is 6.83. The maximum Gasteiger partial charge on any atom is 0.220 e. The van der Waals surface area contributed by atoms with E-state index in [4.69, 9.17) is 9.47 Å². The zero-order valence-corrected chi connectivity index (χ0v) is 16.2. The topological polar surface area (TPSA) is 64.6 Å². The van der Waals surface area contributed by atoms with Gasteiger partial charge in [-0.15, -0.1) is 0 Å². The molecule has 0 saturated heterocycles. The Morgan fingerprint density at radius 3 is 2.26 bits per heavy atom. The molecule has 1 atom stereocenters. The molecule has 5 nitrogen and oxygen atoms in total. The minimum absolute atomic E-state index is 0.0295. The third-order valence-corrected chi connectivity index (χ3v) is 4.12. The van der Waals surface area contributed by atoms with E-state index in [0.29, 0.717) is 30.3 Å². The van der Waals surface area contributed by atoms with Crippen LogP contribution in [-0.4, -0.2) is 24.9 Å². The molecule has 1 amide bonds. The van der Waals surface area contributed by atoms with Crippen LogP contribution in [0, 0.1) is 0 Å². The highest BCUT2D eigenvalue weighted by Gasteiger charge is 2.14. The molecular weight excluding hydrogens is 342 g/mol. The number of carbonyl (C=O) groups is 2. The van der Waals surface area contributed by atoms with Gasteiger partial charge in [0.15, 0.2) is 17.3 Å². The zero-order valence-electron chi connectivity index (χ0n) is 16.2. The second kappa shape index (κ2) is 10.4. The van der Waals surface area contributed by atoms with Gasteiger partial charge in [0.25, 0.3) is 0 Å². The van der Waals surface area contributed by atoms with Gasteiger partial charge in [0, 0.05) is 18.4 Å². The summed E-state index contributed by atoms with van der Waals surface area (Å²) < 4.78 is 11.2. The number of ketones is 1. The number of benzene rings is 2. The van der Waals surface area contributed by atoms with Crippen LogP contribution in [0.25, 0.3) is 0 Å². The lowest BCUT2D eigenvalue weighted by Crippen LogP contribution is -2.27. The summed E-state index contributed by atoms with van der Waals surface area (Å²) in [6, 6.07) is 14.5. The molecule has 2 aromatic rings. The van der Waals surface area contributed by atoms with Crippen LogP contribution >= 0.6 is 0 Å². The second-order valence-corrected chi connectivity index (χ2v) is 6.15. The van der Waals surface area contributed by atoms with E-state index in [1.165, 1.54) is 0 Å². The molecule has 1 N–H and O–H groups in total. The quantitative estimate of drug-likeness (QED) is 0.633. The van der Waals surface area contributed by atoms with E-state index < -0.39 is 0 Å². The van der Waals surface area contributed by atoms with Gasteiger partial charge >= 0.3 is 0 Å². The lowest BCUT2D eigenvalue weighted by Gasteiger charge is -2.17. The number of carbonyl (C=O) groups excluding carboxylic acids is 2. The third-order valence-electron chi connectivity index (χ3n) is 4.12. The van der Waals surface area contributed by atoms with E-state index in [0.717, 1.165) is 5.56 Å². The van der Waals surface area contributed by atoms with E-state index >= 15 is 0 Å². The van der Waals surface area contributed by atoms with Crippen molar-refractivity contribution in [3.05, 3.63) is 59.7 Å². The van der Waals surface area contributed by atoms with Gasteiger partial charge < -0.3 is 14.8 Å². The standard InChI is InChI=1S/C22H27NO4/c1-4-26-20-13-11-18(15-21(20)27-5-2)16(3)23-22(25)14-12-19(24)17-9-7-6-8-10-17/h6-11,13,15-16H,4-5,12,14H2,1-3H3,(H,23,25)/t16-/m1/s1. The molecule has 0 fully saturated rings. The maximum atomic E-state index is 12.2. The molecule has 2 rings (SSSR count). The van der Waals surface area contributed by atoms with Gasteiger partial charge in [0.05, 0.1) is 19.3 Å². The van der Waals surface area contributed by atoms with Crippen LogP contribution in [0.3, 0.4) is 0 Å². The first-order valence-corrected chi connectivity index (χ1v) is 9.32. The van der Waals surface area contributed by atoms with Crippen LogP contribution in [0.15, 0.2) is 48.5 Å². The lowest BCUT2D eigenvalue weighted by atomic mass is 10.1. The molecule has 0 bridgehead atoms. The molecule has 27 heavy (non-hydrogen) atoms. The van der Waals surface area contributed by atoms with Crippen LogP contribution in [0.4, 0.5) is 0 Å². The fraction of sp³-hybridized carbons (Fsp3) is 0.364.